The quantitative estimate of drug-likeness (QED) is 0.734. The average molecular weight is 379 g/mol. The van der Waals surface area contributed by atoms with E-state index in [2.05, 4.69) is 12.2 Å². The number of esters is 1. The largest absolute Gasteiger partial charge is 0.493 e. The predicted molar refractivity (Wildman–Crippen MR) is 101 cm³/mol. The molecule has 1 aliphatic rings. The molecular formula is C20H29NO6. The fourth-order valence-electron chi connectivity index (χ4n) is 3.31. The molecule has 0 spiro atoms. The van der Waals surface area contributed by atoms with E-state index in [1.165, 1.54) is 39.9 Å². The monoisotopic (exact) mass is 379 g/mol. The molecule has 27 heavy (non-hydrogen) atoms. The summed E-state index contributed by atoms with van der Waals surface area (Å²) in [5.41, 5.74) is 0.218. The molecule has 2 rings (SSSR count). The summed E-state index contributed by atoms with van der Waals surface area (Å²) in [5, 5.41) is 3.00. The van der Waals surface area contributed by atoms with Gasteiger partial charge < -0.3 is 24.3 Å². The number of ether oxygens (including phenoxy) is 4. The van der Waals surface area contributed by atoms with E-state index in [0.29, 0.717) is 23.2 Å². The van der Waals surface area contributed by atoms with Gasteiger partial charge in [-0.1, -0.05) is 19.8 Å². The number of carbonyl (C=O) groups is 2. The lowest BCUT2D eigenvalue weighted by Gasteiger charge is -2.30. The molecule has 0 saturated heterocycles. The van der Waals surface area contributed by atoms with Gasteiger partial charge in [0.05, 0.1) is 26.9 Å². The summed E-state index contributed by atoms with van der Waals surface area (Å²) in [6, 6.07) is 3.13. The van der Waals surface area contributed by atoms with E-state index in [1.807, 2.05) is 0 Å². The molecule has 7 heteroatoms. The summed E-state index contributed by atoms with van der Waals surface area (Å²) in [6.07, 6.45) is 3.46. The molecule has 3 atom stereocenters. The summed E-state index contributed by atoms with van der Waals surface area (Å²) in [6.45, 7) is 3.70. The fraction of sp³-hybridized carbons (Fsp3) is 0.600. The van der Waals surface area contributed by atoms with Crippen molar-refractivity contribution in [1.82, 2.24) is 5.32 Å². The SMILES string of the molecule is COc1cc(C(=O)O[C@H](C)C(=O)N[C@@H]2CCCC[C@@H]2C)cc(OC)c1OC. The highest BCUT2D eigenvalue weighted by molar-refractivity contribution is 5.93. The van der Waals surface area contributed by atoms with E-state index < -0.39 is 12.1 Å². The lowest BCUT2D eigenvalue weighted by molar-refractivity contribution is -0.130. The van der Waals surface area contributed by atoms with Gasteiger partial charge in [-0.05, 0) is 37.8 Å². The van der Waals surface area contributed by atoms with Gasteiger partial charge in [0.15, 0.2) is 17.6 Å². The van der Waals surface area contributed by atoms with Gasteiger partial charge in [0.2, 0.25) is 5.75 Å². The van der Waals surface area contributed by atoms with Crippen LogP contribution < -0.4 is 19.5 Å². The van der Waals surface area contributed by atoms with Crippen LogP contribution in [-0.2, 0) is 9.53 Å². The van der Waals surface area contributed by atoms with Gasteiger partial charge in [0.1, 0.15) is 0 Å². The molecule has 1 aliphatic carbocycles. The Balaban J connectivity index is 2.06. The first-order valence-electron chi connectivity index (χ1n) is 9.22. The molecule has 1 N–H and O–H groups in total. The van der Waals surface area contributed by atoms with Crippen LogP contribution in [0.2, 0.25) is 0 Å². The summed E-state index contributed by atoms with van der Waals surface area (Å²) in [4.78, 5) is 24.9. The highest BCUT2D eigenvalue weighted by Crippen LogP contribution is 2.38. The Bertz CT molecular complexity index is 649. The molecular weight excluding hydrogens is 350 g/mol. The van der Waals surface area contributed by atoms with Gasteiger partial charge in [-0.3, -0.25) is 4.79 Å². The number of hydrogen-bond donors (Lipinski definition) is 1. The molecule has 1 aromatic rings. The van der Waals surface area contributed by atoms with Crippen LogP contribution in [0.3, 0.4) is 0 Å². The minimum Gasteiger partial charge on any atom is -0.493 e. The number of nitrogens with one attached hydrogen (secondary N) is 1. The van der Waals surface area contributed by atoms with E-state index in [1.54, 1.807) is 6.92 Å². The van der Waals surface area contributed by atoms with Crippen molar-refractivity contribution in [3.63, 3.8) is 0 Å². The molecule has 0 heterocycles. The van der Waals surface area contributed by atoms with Crippen LogP contribution in [0.5, 0.6) is 17.2 Å². The van der Waals surface area contributed by atoms with Crippen LogP contribution in [0.1, 0.15) is 49.9 Å². The zero-order valence-electron chi connectivity index (χ0n) is 16.7. The number of methoxy groups -OCH3 is 3. The van der Waals surface area contributed by atoms with Crippen molar-refractivity contribution in [2.45, 2.75) is 51.7 Å². The van der Waals surface area contributed by atoms with Gasteiger partial charge in [-0.25, -0.2) is 4.79 Å². The number of amides is 1. The zero-order valence-corrected chi connectivity index (χ0v) is 16.7. The van der Waals surface area contributed by atoms with Crippen molar-refractivity contribution in [3.05, 3.63) is 17.7 Å². The van der Waals surface area contributed by atoms with Crippen LogP contribution in [0, 0.1) is 5.92 Å². The van der Waals surface area contributed by atoms with E-state index in [-0.39, 0.29) is 17.5 Å². The van der Waals surface area contributed by atoms with E-state index in [9.17, 15) is 9.59 Å². The van der Waals surface area contributed by atoms with Crippen LogP contribution in [-0.4, -0.2) is 45.4 Å². The normalized spacial score (nSPS) is 20.3. The van der Waals surface area contributed by atoms with Gasteiger partial charge in [0.25, 0.3) is 5.91 Å². The number of carbonyl (C=O) groups excluding carboxylic acids is 2. The van der Waals surface area contributed by atoms with Crippen LogP contribution in [0.25, 0.3) is 0 Å². The second-order valence-corrected chi connectivity index (χ2v) is 6.84. The molecule has 1 fully saturated rings. The third-order valence-electron chi connectivity index (χ3n) is 4.99. The molecule has 0 aromatic heterocycles. The highest BCUT2D eigenvalue weighted by Gasteiger charge is 2.27. The predicted octanol–water partition coefficient (Wildman–Crippen LogP) is 2.95. The molecule has 1 amide bonds. The van der Waals surface area contributed by atoms with Crippen molar-refractivity contribution in [2.24, 2.45) is 5.92 Å². The van der Waals surface area contributed by atoms with Crippen molar-refractivity contribution >= 4 is 11.9 Å². The number of benzene rings is 1. The number of hydrogen-bond acceptors (Lipinski definition) is 6. The maximum Gasteiger partial charge on any atom is 0.339 e. The van der Waals surface area contributed by atoms with Crippen molar-refractivity contribution in [3.8, 4) is 17.2 Å². The van der Waals surface area contributed by atoms with Crippen molar-refractivity contribution in [2.75, 3.05) is 21.3 Å². The molecule has 0 radical (unpaired) electrons. The third kappa shape index (κ3) is 5.05. The topological polar surface area (TPSA) is 83.1 Å². The second-order valence-electron chi connectivity index (χ2n) is 6.84. The third-order valence-corrected chi connectivity index (χ3v) is 4.99. The Morgan fingerprint density at radius 2 is 1.63 bits per heavy atom. The van der Waals surface area contributed by atoms with Crippen LogP contribution in [0.15, 0.2) is 12.1 Å². The molecule has 7 nitrogen and oxygen atoms in total. The minimum atomic E-state index is -0.897. The van der Waals surface area contributed by atoms with Gasteiger partial charge >= 0.3 is 5.97 Å². The smallest absolute Gasteiger partial charge is 0.339 e. The van der Waals surface area contributed by atoms with Gasteiger partial charge in [0, 0.05) is 6.04 Å². The van der Waals surface area contributed by atoms with Crippen molar-refractivity contribution in [1.29, 1.82) is 0 Å². The fourth-order valence-corrected chi connectivity index (χ4v) is 3.31. The zero-order chi connectivity index (χ0) is 20.0. The molecule has 150 valence electrons. The van der Waals surface area contributed by atoms with E-state index in [4.69, 9.17) is 18.9 Å². The second kappa shape index (κ2) is 9.48. The summed E-state index contributed by atoms with van der Waals surface area (Å²) >= 11 is 0. The molecule has 0 bridgehead atoms. The maximum absolute atomic E-state index is 12.5. The lowest BCUT2D eigenvalue weighted by Crippen LogP contribution is -2.45. The molecule has 1 aromatic carbocycles. The summed E-state index contributed by atoms with van der Waals surface area (Å²) < 4.78 is 21.1. The van der Waals surface area contributed by atoms with Gasteiger partial charge in [-0.15, -0.1) is 0 Å². The van der Waals surface area contributed by atoms with E-state index >= 15 is 0 Å². The first kappa shape index (κ1) is 20.9. The first-order valence-corrected chi connectivity index (χ1v) is 9.22. The van der Waals surface area contributed by atoms with Crippen molar-refractivity contribution < 1.29 is 28.5 Å². The Hall–Kier alpha value is -2.44. The van der Waals surface area contributed by atoms with Crippen LogP contribution in [0.4, 0.5) is 0 Å². The molecule has 1 saturated carbocycles. The Morgan fingerprint density at radius 1 is 1.04 bits per heavy atom. The molecule has 0 aliphatic heterocycles. The average Bonchev–Trinajstić information content (AvgIpc) is 2.68. The van der Waals surface area contributed by atoms with Gasteiger partial charge in [-0.2, -0.15) is 0 Å². The Labute approximate surface area is 160 Å². The Morgan fingerprint density at radius 3 is 2.15 bits per heavy atom. The highest BCUT2D eigenvalue weighted by atomic mass is 16.5. The van der Waals surface area contributed by atoms with E-state index in [0.717, 1.165) is 19.3 Å². The standard InChI is InChI=1S/C20H29NO6/c1-12-8-6-7-9-15(12)21-19(22)13(2)27-20(23)14-10-16(24-3)18(26-5)17(11-14)25-4/h10-13,15H,6-9H2,1-5H3,(H,21,22)/t12-,13+,15+/m0/s1. The maximum atomic E-state index is 12.5. The lowest BCUT2D eigenvalue weighted by atomic mass is 9.86. The minimum absolute atomic E-state index is 0.133. The Kier molecular flexibility index (Phi) is 7.33. The number of rotatable bonds is 7. The first-order chi connectivity index (χ1) is 12.9. The summed E-state index contributed by atoms with van der Waals surface area (Å²) in [7, 11) is 4.42. The van der Waals surface area contributed by atoms with Crippen LogP contribution >= 0.6 is 0 Å². The summed E-state index contributed by atoms with van der Waals surface area (Å²) in [5.74, 6) is 0.589. The molecule has 0 unspecified atom stereocenters.